The molecule has 0 aromatic carbocycles. The molecule has 0 saturated carbocycles. The monoisotopic (exact) mass is 427 g/mol. The first-order valence-corrected chi connectivity index (χ1v) is 10.1. The van der Waals surface area contributed by atoms with Gasteiger partial charge < -0.3 is 15.0 Å². The van der Waals surface area contributed by atoms with Gasteiger partial charge in [0.1, 0.15) is 17.5 Å². The van der Waals surface area contributed by atoms with Crippen molar-refractivity contribution < 1.29 is 18.8 Å². The molecule has 5 heterocycles. The number of carbonyl (C=O) groups is 1. The van der Waals surface area contributed by atoms with Crippen molar-refractivity contribution in [3.63, 3.8) is 0 Å². The van der Waals surface area contributed by atoms with E-state index in [1.54, 1.807) is 21.8 Å². The molecule has 5 rings (SSSR count). The summed E-state index contributed by atoms with van der Waals surface area (Å²) in [6, 6.07) is 4.30. The van der Waals surface area contributed by atoms with Crippen molar-refractivity contribution in [1.82, 2.24) is 29.8 Å². The zero-order valence-electron chi connectivity index (χ0n) is 16.9. The van der Waals surface area contributed by atoms with Gasteiger partial charge in [0.15, 0.2) is 11.5 Å². The van der Waals surface area contributed by atoms with E-state index < -0.39 is 5.82 Å². The number of rotatable bonds is 5. The minimum atomic E-state index is -0.431. The Morgan fingerprint density at radius 1 is 1.29 bits per heavy atom. The Balaban J connectivity index is 1.34. The van der Waals surface area contributed by atoms with Gasteiger partial charge in [0.05, 0.1) is 25.0 Å². The average molecular weight is 427 g/mol. The highest BCUT2D eigenvalue weighted by atomic mass is 19.1. The standard InChI is InChI=1S/C20H22FN7O3/c1-26-11-15(16(12-26)31-18-4-3-13(21)9-22-18)24-20(29)14-10-23-27-7-5-17(25-19(14)27)28-6-2-8-30-28/h3-5,7,9-10,15-16H,2,6,8,11-12H2,1H3,(H,24,29). The van der Waals surface area contributed by atoms with Crippen molar-refractivity contribution >= 4 is 17.4 Å². The van der Waals surface area contributed by atoms with Gasteiger partial charge in [-0.15, -0.1) is 0 Å². The van der Waals surface area contributed by atoms with Crippen molar-refractivity contribution in [2.24, 2.45) is 0 Å². The second-order valence-corrected chi connectivity index (χ2v) is 7.67. The van der Waals surface area contributed by atoms with E-state index in [-0.39, 0.29) is 18.1 Å². The summed E-state index contributed by atoms with van der Waals surface area (Å²) < 4.78 is 20.6. The van der Waals surface area contributed by atoms with Crippen LogP contribution in [0.3, 0.4) is 0 Å². The lowest BCUT2D eigenvalue weighted by Gasteiger charge is -2.20. The van der Waals surface area contributed by atoms with Gasteiger partial charge >= 0.3 is 0 Å². The minimum Gasteiger partial charge on any atom is -0.471 e. The molecule has 0 spiro atoms. The summed E-state index contributed by atoms with van der Waals surface area (Å²) in [7, 11) is 1.94. The third-order valence-corrected chi connectivity index (χ3v) is 5.34. The molecule has 0 aliphatic carbocycles. The van der Waals surface area contributed by atoms with E-state index in [2.05, 4.69) is 25.3 Å². The Labute approximate surface area is 177 Å². The van der Waals surface area contributed by atoms with Crippen LogP contribution >= 0.6 is 0 Å². The molecule has 2 saturated heterocycles. The SMILES string of the molecule is CN1CC(NC(=O)c2cnn3ccc(N4CCCO4)nc23)C(Oc2ccc(F)cn2)C1. The number of pyridine rings is 1. The van der Waals surface area contributed by atoms with Crippen LogP contribution in [-0.2, 0) is 4.84 Å². The first-order valence-electron chi connectivity index (χ1n) is 10.1. The number of hydroxylamine groups is 1. The number of halogens is 1. The Morgan fingerprint density at radius 3 is 2.97 bits per heavy atom. The van der Waals surface area contributed by atoms with E-state index in [4.69, 9.17) is 9.57 Å². The van der Waals surface area contributed by atoms with Crippen molar-refractivity contribution in [3.8, 4) is 5.88 Å². The van der Waals surface area contributed by atoms with E-state index in [1.807, 2.05) is 7.05 Å². The third-order valence-electron chi connectivity index (χ3n) is 5.34. The van der Waals surface area contributed by atoms with Gasteiger partial charge in [0.2, 0.25) is 5.88 Å². The fourth-order valence-corrected chi connectivity index (χ4v) is 3.84. The van der Waals surface area contributed by atoms with Gasteiger partial charge in [-0.05, 0) is 19.5 Å². The molecule has 2 aliphatic heterocycles. The summed E-state index contributed by atoms with van der Waals surface area (Å²) in [5.41, 5.74) is 0.823. The van der Waals surface area contributed by atoms with Crippen LogP contribution < -0.4 is 15.1 Å². The molecule has 10 nitrogen and oxygen atoms in total. The zero-order chi connectivity index (χ0) is 21.4. The maximum atomic E-state index is 13.1. The summed E-state index contributed by atoms with van der Waals surface area (Å²) >= 11 is 0. The van der Waals surface area contributed by atoms with Crippen LogP contribution in [0.2, 0.25) is 0 Å². The van der Waals surface area contributed by atoms with E-state index >= 15 is 0 Å². The summed E-state index contributed by atoms with van der Waals surface area (Å²) in [6.45, 7) is 2.62. The van der Waals surface area contributed by atoms with E-state index in [9.17, 15) is 9.18 Å². The molecular weight excluding hydrogens is 405 g/mol. The molecular formula is C20H22FN7O3. The molecule has 2 fully saturated rings. The molecule has 3 aromatic heterocycles. The number of fused-ring (bicyclic) bond motifs is 1. The van der Waals surface area contributed by atoms with Crippen LogP contribution in [0.15, 0.2) is 36.8 Å². The van der Waals surface area contributed by atoms with E-state index in [0.717, 1.165) is 19.2 Å². The molecule has 0 radical (unpaired) electrons. The molecule has 1 amide bonds. The quantitative estimate of drug-likeness (QED) is 0.642. The maximum Gasteiger partial charge on any atom is 0.257 e. The second-order valence-electron chi connectivity index (χ2n) is 7.67. The number of hydrogen-bond donors (Lipinski definition) is 1. The molecule has 0 bridgehead atoms. The highest BCUT2D eigenvalue weighted by Gasteiger charge is 2.35. The number of likely N-dealkylation sites (N-methyl/N-ethyl adjacent to an activating group) is 1. The summed E-state index contributed by atoms with van der Waals surface area (Å²) in [5.74, 6) is 0.237. The molecule has 2 aliphatic rings. The topological polar surface area (TPSA) is 97.1 Å². The predicted molar refractivity (Wildman–Crippen MR) is 108 cm³/mol. The maximum absolute atomic E-state index is 13.1. The Hall–Kier alpha value is -3.31. The second kappa shape index (κ2) is 8.08. The first kappa shape index (κ1) is 19.6. The van der Waals surface area contributed by atoms with Crippen molar-refractivity contribution in [3.05, 3.63) is 48.2 Å². The molecule has 2 unspecified atom stereocenters. The fraction of sp³-hybridized carbons (Fsp3) is 0.400. The first-order chi connectivity index (χ1) is 15.1. The lowest BCUT2D eigenvalue weighted by Crippen LogP contribution is -2.45. The minimum absolute atomic E-state index is 0.274. The van der Waals surface area contributed by atoms with Gasteiger partial charge in [-0.1, -0.05) is 0 Å². The van der Waals surface area contributed by atoms with Crippen LogP contribution in [0.25, 0.3) is 5.65 Å². The number of amides is 1. The molecule has 2 atom stereocenters. The fourth-order valence-electron chi connectivity index (χ4n) is 3.84. The van der Waals surface area contributed by atoms with Crippen LogP contribution in [0, 0.1) is 5.82 Å². The Kier molecular flexibility index (Phi) is 5.12. The number of ether oxygens (including phenoxy) is 1. The lowest BCUT2D eigenvalue weighted by atomic mass is 10.2. The third kappa shape index (κ3) is 4.01. The Morgan fingerprint density at radius 2 is 2.19 bits per heavy atom. The van der Waals surface area contributed by atoms with Gasteiger partial charge in [-0.3, -0.25) is 9.63 Å². The van der Waals surface area contributed by atoms with Gasteiger partial charge in [-0.2, -0.15) is 5.10 Å². The number of nitrogens with one attached hydrogen (secondary N) is 1. The predicted octanol–water partition coefficient (Wildman–Crippen LogP) is 0.897. The van der Waals surface area contributed by atoms with Gasteiger partial charge in [0, 0.05) is 38.0 Å². The Bertz CT molecular complexity index is 1080. The largest absolute Gasteiger partial charge is 0.471 e. The van der Waals surface area contributed by atoms with Gasteiger partial charge in [0.25, 0.3) is 5.91 Å². The number of nitrogens with zero attached hydrogens (tertiary/aromatic N) is 6. The average Bonchev–Trinajstić information content (AvgIpc) is 3.49. The van der Waals surface area contributed by atoms with E-state index in [1.165, 1.54) is 18.3 Å². The molecule has 1 N–H and O–H groups in total. The molecule has 31 heavy (non-hydrogen) atoms. The molecule has 11 heteroatoms. The zero-order valence-corrected chi connectivity index (χ0v) is 16.9. The highest BCUT2D eigenvalue weighted by Crippen LogP contribution is 2.20. The van der Waals surface area contributed by atoms with Gasteiger partial charge in [-0.25, -0.2) is 23.9 Å². The van der Waals surface area contributed by atoms with Crippen molar-refractivity contribution in [2.75, 3.05) is 38.4 Å². The van der Waals surface area contributed by atoms with Crippen molar-refractivity contribution in [1.29, 1.82) is 0 Å². The summed E-state index contributed by atoms with van der Waals surface area (Å²) in [5, 5.41) is 8.99. The number of likely N-dealkylation sites (tertiary alicyclic amines) is 1. The van der Waals surface area contributed by atoms with Crippen LogP contribution in [0.5, 0.6) is 5.88 Å². The van der Waals surface area contributed by atoms with Crippen LogP contribution in [-0.4, -0.2) is 75.8 Å². The molecule has 3 aromatic rings. The number of carbonyl (C=O) groups excluding carboxylic acids is 1. The number of aromatic nitrogens is 4. The lowest BCUT2D eigenvalue weighted by molar-refractivity contribution is 0.0903. The number of anilines is 1. The summed E-state index contributed by atoms with van der Waals surface area (Å²) in [4.78, 5) is 29.2. The smallest absolute Gasteiger partial charge is 0.257 e. The highest BCUT2D eigenvalue weighted by molar-refractivity contribution is 6.00. The van der Waals surface area contributed by atoms with Crippen molar-refractivity contribution in [2.45, 2.75) is 18.6 Å². The summed E-state index contributed by atoms with van der Waals surface area (Å²) in [6.07, 6.45) is 4.97. The molecule has 162 valence electrons. The number of hydrogen-bond acceptors (Lipinski definition) is 8. The van der Waals surface area contributed by atoms with Crippen LogP contribution in [0.4, 0.5) is 10.2 Å². The van der Waals surface area contributed by atoms with E-state index in [0.29, 0.717) is 42.6 Å². The normalized spacial score (nSPS) is 21.7. The van der Waals surface area contributed by atoms with Crippen LogP contribution in [0.1, 0.15) is 16.8 Å².